The summed E-state index contributed by atoms with van der Waals surface area (Å²) in [4.78, 5) is 0. The summed E-state index contributed by atoms with van der Waals surface area (Å²) in [5, 5.41) is 3.51. The first-order valence-electron chi connectivity index (χ1n) is 6.87. The van der Waals surface area contributed by atoms with Gasteiger partial charge < -0.3 is 5.32 Å². The monoisotopic (exact) mass is 253 g/mol. The molecule has 1 N–H and O–H groups in total. The summed E-state index contributed by atoms with van der Waals surface area (Å²) in [5.74, 6) is -0.913. The molecule has 0 amide bonds. The number of halogens is 2. The van der Waals surface area contributed by atoms with Crippen LogP contribution in [0.1, 0.15) is 38.2 Å². The number of nitrogens with one attached hydrogen (secondary N) is 1. The van der Waals surface area contributed by atoms with E-state index in [-0.39, 0.29) is 0 Å². The zero-order chi connectivity index (χ0) is 13.0. The highest BCUT2D eigenvalue weighted by Crippen LogP contribution is 2.29. The van der Waals surface area contributed by atoms with Crippen molar-refractivity contribution in [2.75, 3.05) is 6.54 Å². The smallest absolute Gasteiger partial charge is 0.162 e. The largest absolute Gasteiger partial charge is 0.314 e. The van der Waals surface area contributed by atoms with Gasteiger partial charge in [-0.1, -0.05) is 19.1 Å². The molecule has 2 rings (SSSR count). The SMILES string of the molecule is CCCNC1CCC(Cc2cccc(F)c2F)C1. The molecule has 1 aliphatic rings. The summed E-state index contributed by atoms with van der Waals surface area (Å²) in [6.07, 6.45) is 5.14. The van der Waals surface area contributed by atoms with E-state index in [1.807, 2.05) is 0 Å². The van der Waals surface area contributed by atoms with Crippen LogP contribution in [0.3, 0.4) is 0 Å². The molecule has 0 radical (unpaired) electrons. The summed E-state index contributed by atoms with van der Waals surface area (Å²) < 4.78 is 26.7. The summed E-state index contributed by atoms with van der Waals surface area (Å²) in [7, 11) is 0. The first-order valence-corrected chi connectivity index (χ1v) is 6.87. The van der Waals surface area contributed by atoms with E-state index in [9.17, 15) is 8.78 Å². The fourth-order valence-electron chi connectivity index (χ4n) is 2.81. The number of rotatable bonds is 5. The van der Waals surface area contributed by atoms with Crippen LogP contribution in [0.5, 0.6) is 0 Å². The highest BCUT2D eigenvalue weighted by Gasteiger charge is 2.25. The Morgan fingerprint density at radius 3 is 2.89 bits per heavy atom. The van der Waals surface area contributed by atoms with Gasteiger partial charge in [-0.05, 0) is 56.2 Å². The van der Waals surface area contributed by atoms with Crippen LogP contribution in [0.15, 0.2) is 18.2 Å². The molecule has 0 saturated heterocycles. The van der Waals surface area contributed by atoms with Crippen molar-refractivity contribution in [1.29, 1.82) is 0 Å². The van der Waals surface area contributed by atoms with Crippen molar-refractivity contribution >= 4 is 0 Å². The van der Waals surface area contributed by atoms with Gasteiger partial charge in [0.25, 0.3) is 0 Å². The first kappa shape index (κ1) is 13.5. The molecular formula is C15H21F2N. The van der Waals surface area contributed by atoms with Gasteiger partial charge in [-0.2, -0.15) is 0 Å². The molecule has 0 heterocycles. The molecule has 1 fully saturated rings. The van der Waals surface area contributed by atoms with E-state index in [1.54, 1.807) is 12.1 Å². The van der Waals surface area contributed by atoms with Crippen LogP contribution in [0.4, 0.5) is 8.78 Å². The Balaban J connectivity index is 1.89. The molecule has 1 aliphatic carbocycles. The molecule has 0 spiro atoms. The average molecular weight is 253 g/mol. The van der Waals surface area contributed by atoms with Gasteiger partial charge in [-0.15, -0.1) is 0 Å². The molecule has 0 bridgehead atoms. The molecule has 1 aromatic carbocycles. The molecule has 3 heteroatoms. The van der Waals surface area contributed by atoms with Crippen molar-refractivity contribution in [3.63, 3.8) is 0 Å². The second-order valence-electron chi connectivity index (χ2n) is 5.25. The quantitative estimate of drug-likeness (QED) is 0.844. The highest BCUT2D eigenvalue weighted by molar-refractivity contribution is 5.19. The van der Waals surface area contributed by atoms with E-state index in [0.29, 0.717) is 23.9 Å². The van der Waals surface area contributed by atoms with E-state index < -0.39 is 11.6 Å². The number of hydrogen-bond acceptors (Lipinski definition) is 1. The molecule has 1 aromatic rings. The van der Waals surface area contributed by atoms with Crippen molar-refractivity contribution in [1.82, 2.24) is 5.32 Å². The molecular weight excluding hydrogens is 232 g/mol. The Labute approximate surface area is 108 Å². The van der Waals surface area contributed by atoms with Gasteiger partial charge in [0.15, 0.2) is 11.6 Å². The van der Waals surface area contributed by atoms with E-state index in [4.69, 9.17) is 0 Å². The van der Waals surface area contributed by atoms with Crippen molar-refractivity contribution in [3.05, 3.63) is 35.4 Å². The summed E-state index contributed by atoms with van der Waals surface area (Å²) in [5.41, 5.74) is 0.524. The minimum atomic E-state index is -0.730. The van der Waals surface area contributed by atoms with Crippen molar-refractivity contribution in [3.8, 4) is 0 Å². The molecule has 100 valence electrons. The lowest BCUT2D eigenvalue weighted by molar-refractivity contribution is 0.461. The Hall–Kier alpha value is -0.960. The second-order valence-corrected chi connectivity index (χ2v) is 5.25. The third-order valence-electron chi connectivity index (χ3n) is 3.76. The molecule has 0 aliphatic heterocycles. The minimum absolute atomic E-state index is 0.482. The minimum Gasteiger partial charge on any atom is -0.314 e. The maximum absolute atomic E-state index is 13.6. The highest BCUT2D eigenvalue weighted by atomic mass is 19.2. The fourth-order valence-corrected chi connectivity index (χ4v) is 2.81. The van der Waals surface area contributed by atoms with Crippen LogP contribution in [-0.4, -0.2) is 12.6 Å². The standard InChI is InChI=1S/C15H21F2N/c1-2-8-18-13-7-6-11(10-13)9-12-4-3-5-14(16)15(12)17/h3-5,11,13,18H,2,6-10H2,1H3. The normalized spacial score (nSPS) is 23.5. The Bertz CT molecular complexity index is 392. The molecule has 0 aromatic heterocycles. The van der Waals surface area contributed by atoms with E-state index in [2.05, 4.69) is 12.2 Å². The maximum atomic E-state index is 13.6. The predicted molar refractivity (Wildman–Crippen MR) is 69.5 cm³/mol. The molecule has 2 unspecified atom stereocenters. The lowest BCUT2D eigenvalue weighted by Gasteiger charge is -2.13. The van der Waals surface area contributed by atoms with E-state index in [0.717, 1.165) is 32.2 Å². The second kappa shape index (κ2) is 6.28. The molecule has 1 nitrogen and oxygen atoms in total. The third kappa shape index (κ3) is 3.29. The van der Waals surface area contributed by atoms with Crippen molar-refractivity contribution in [2.24, 2.45) is 5.92 Å². The van der Waals surface area contributed by atoms with Crippen LogP contribution in [0.25, 0.3) is 0 Å². The summed E-state index contributed by atoms with van der Waals surface area (Å²) in [6, 6.07) is 5.03. The van der Waals surface area contributed by atoms with Gasteiger partial charge in [0.1, 0.15) is 0 Å². The Morgan fingerprint density at radius 1 is 1.28 bits per heavy atom. The molecule has 18 heavy (non-hydrogen) atoms. The Morgan fingerprint density at radius 2 is 2.11 bits per heavy atom. The van der Waals surface area contributed by atoms with Crippen LogP contribution in [0.2, 0.25) is 0 Å². The zero-order valence-electron chi connectivity index (χ0n) is 10.9. The fraction of sp³-hybridized carbons (Fsp3) is 0.600. The maximum Gasteiger partial charge on any atom is 0.162 e. The zero-order valence-corrected chi connectivity index (χ0v) is 10.9. The van der Waals surface area contributed by atoms with Crippen LogP contribution < -0.4 is 5.32 Å². The number of benzene rings is 1. The van der Waals surface area contributed by atoms with Gasteiger partial charge in [0, 0.05) is 6.04 Å². The predicted octanol–water partition coefficient (Wildman–Crippen LogP) is 3.68. The number of hydrogen-bond donors (Lipinski definition) is 1. The summed E-state index contributed by atoms with van der Waals surface area (Å²) in [6.45, 7) is 3.20. The van der Waals surface area contributed by atoms with Crippen molar-refractivity contribution in [2.45, 2.75) is 45.1 Å². The van der Waals surface area contributed by atoms with Gasteiger partial charge >= 0.3 is 0 Å². The van der Waals surface area contributed by atoms with Crippen molar-refractivity contribution < 1.29 is 8.78 Å². The van der Waals surface area contributed by atoms with E-state index in [1.165, 1.54) is 6.07 Å². The summed E-state index contributed by atoms with van der Waals surface area (Å²) >= 11 is 0. The van der Waals surface area contributed by atoms with Gasteiger partial charge in [0.05, 0.1) is 0 Å². The first-order chi connectivity index (χ1) is 8.70. The van der Waals surface area contributed by atoms with Crippen LogP contribution in [0, 0.1) is 17.6 Å². The van der Waals surface area contributed by atoms with Crippen LogP contribution in [-0.2, 0) is 6.42 Å². The van der Waals surface area contributed by atoms with Gasteiger partial charge in [0.2, 0.25) is 0 Å². The lowest BCUT2D eigenvalue weighted by Crippen LogP contribution is -2.27. The Kier molecular flexibility index (Phi) is 4.70. The molecule has 2 atom stereocenters. The van der Waals surface area contributed by atoms with Crippen LogP contribution >= 0.6 is 0 Å². The average Bonchev–Trinajstić information content (AvgIpc) is 2.80. The topological polar surface area (TPSA) is 12.0 Å². The van der Waals surface area contributed by atoms with Gasteiger partial charge in [-0.3, -0.25) is 0 Å². The van der Waals surface area contributed by atoms with Gasteiger partial charge in [-0.25, -0.2) is 8.78 Å². The lowest BCUT2D eigenvalue weighted by atomic mass is 9.97. The third-order valence-corrected chi connectivity index (χ3v) is 3.76. The van der Waals surface area contributed by atoms with E-state index >= 15 is 0 Å². The molecule has 1 saturated carbocycles.